The van der Waals surface area contributed by atoms with E-state index in [0.29, 0.717) is 19.5 Å². The lowest BCUT2D eigenvalue weighted by atomic mass is 10.1. The van der Waals surface area contributed by atoms with Crippen LogP contribution in [0.25, 0.3) is 10.4 Å². The lowest BCUT2D eigenvalue weighted by molar-refractivity contribution is -0.128. The number of hydrogen-bond acceptors (Lipinski definition) is 4. The third kappa shape index (κ3) is 3.59. The summed E-state index contributed by atoms with van der Waals surface area (Å²) in [5.74, 6) is 0.140. The predicted octanol–water partition coefficient (Wildman–Crippen LogP) is 3.80. The SMILES string of the molecule is CC(=O)SC1CC(=O)N(Cc2ccc(-c3cccs3)cc2)C1. The summed E-state index contributed by atoms with van der Waals surface area (Å²) in [6.07, 6.45) is 0.470. The summed E-state index contributed by atoms with van der Waals surface area (Å²) in [5.41, 5.74) is 2.33. The van der Waals surface area contributed by atoms with E-state index in [9.17, 15) is 9.59 Å². The molecule has 1 unspecified atom stereocenters. The van der Waals surface area contributed by atoms with Gasteiger partial charge in [-0.2, -0.15) is 0 Å². The van der Waals surface area contributed by atoms with E-state index in [1.54, 1.807) is 18.3 Å². The van der Waals surface area contributed by atoms with Gasteiger partial charge in [0.1, 0.15) is 0 Å². The normalized spacial score (nSPS) is 18.0. The van der Waals surface area contributed by atoms with Gasteiger partial charge in [0.15, 0.2) is 5.12 Å². The monoisotopic (exact) mass is 331 g/mol. The lowest BCUT2D eigenvalue weighted by Crippen LogP contribution is -2.24. The standard InChI is InChI=1S/C17H17NO2S2/c1-12(19)22-15-9-17(20)18(11-15)10-13-4-6-14(7-5-13)16-3-2-8-21-16/h2-8,15H,9-11H2,1H3. The number of thiophene rings is 1. The van der Waals surface area contributed by atoms with Crippen LogP contribution in [0.1, 0.15) is 18.9 Å². The minimum atomic E-state index is 0.0833. The van der Waals surface area contributed by atoms with Crippen molar-refractivity contribution < 1.29 is 9.59 Å². The molecule has 1 aliphatic heterocycles. The van der Waals surface area contributed by atoms with Gasteiger partial charge in [-0.25, -0.2) is 0 Å². The van der Waals surface area contributed by atoms with E-state index in [4.69, 9.17) is 0 Å². The van der Waals surface area contributed by atoms with Crippen LogP contribution in [0.3, 0.4) is 0 Å². The summed E-state index contributed by atoms with van der Waals surface area (Å²) in [6.45, 7) is 2.84. The average molecular weight is 331 g/mol. The number of hydrogen-bond donors (Lipinski definition) is 0. The Bertz CT molecular complexity index is 664. The molecule has 0 spiro atoms. The summed E-state index contributed by atoms with van der Waals surface area (Å²) in [7, 11) is 0. The van der Waals surface area contributed by atoms with Crippen LogP contribution in [0, 0.1) is 0 Å². The fourth-order valence-electron chi connectivity index (χ4n) is 2.64. The van der Waals surface area contributed by atoms with Gasteiger partial charge in [-0.3, -0.25) is 9.59 Å². The molecule has 1 saturated heterocycles. The number of rotatable bonds is 4. The Morgan fingerprint density at radius 1 is 1.32 bits per heavy atom. The topological polar surface area (TPSA) is 37.4 Å². The molecule has 114 valence electrons. The number of carbonyl (C=O) groups is 2. The van der Waals surface area contributed by atoms with E-state index in [1.165, 1.54) is 22.2 Å². The molecule has 0 saturated carbocycles. The maximum absolute atomic E-state index is 12.0. The Morgan fingerprint density at radius 2 is 2.09 bits per heavy atom. The molecule has 1 atom stereocenters. The molecule has 3 rings (SSSR count). The molecule has 0 aliphatic carbocycles. The summed E-state index contributed by atoms with van der Waals surface area (Å²) in [5, 5.41) is 2.26. The van der Waals surface area contributed by atoms with E-state index >= 15 is 0 Å². The van der Waals surface area contributed by atoms with Gasteiger partial charge in [-0.05, 0) is 22.6 Å². The molecular formula is C17H17NO2S2. The number of likely N-dealkylation sites (tertiary alicyclic amines) is 1. The highest BCUT2D eigenvalue weighted by atomic mass is 32.2. The molecule has 1 aromatic carbocycles. The van der Waals surface area contributed by atoms with Crippen molar-refractivity contribution in [2.24, 2.45) is 0 Å². The molecule has 2 heterocycles. The fraction of sp³-hybridized carbons (Fsp3) is 0.294. The van der Waals surface area contributed by atoms with Crippen LogP contribution in [-0.4, -0.2) is 27.7 Å². The van der Waals surface area contributed by atoms with Crippen LogP contribution in [0.5, 0.6) is 0 Å². The Labute approximate surface area is 138 Å². The second-order valence-electron chi connectivity index (χ2n) is 5.38. The Morgan fingerprint density at radius 3 is 2.73 bits per heavy atom. The number of carbonyl (C=O) groups excluding carboxylic acids is 2. The molecule has 0 radical (unpaired) electrons. The zero-order chi connectivity index (χ0) is 15.5. The second kappa shape index (κ2) is 6.67. The molecular weight excluding hydrogens is 314 g/mol. The summed E-state index contributed by atoms with van der Waals surface area (Å²) in [6, 6.07) is 12.5. The Kier molecular flexibility index (Phi) is 4.64. The molecule has 1 amide bonds. The molecule has 1 aliphatic rings. The van der Waals surface area contributed by atoms with Crippen molar-refractivity contribution in [3.8, 4) is 10.4 Å². The molecule has 2 aromatic rings. The van der Waals surface area contributed by atoms with Crippen LogP contribution in [0.2, 0.25) is 0 Å². The highest BCUT2D eigenvalue weighted by Gasteiger charge is 2.30. The predicted molar refractivity (Wildman–Crippen MR) is 91.8 cm³/mol. The van der Waals surface area contributed by atoms with Gasteiger partial charge in [0, 0.05) is 36.6 Å². The number of benzene rings is 1. The summed E-state index contributed by atoms with van der Waals surface area (Å²) < 4.78 is 0. The van der Waals surface area contributed by atoms with Crippen molar-refractivity contribution in [1.29, 1.82) is 0 Å². The molecule has 0 bridgehead atoms. The van der Waals surface area contributed by atoms with Crippen LogP contribution < -0.4 is 0 Å². The van der Waals surface area contributed by atoms with E-state index in [1.807, 2.05) is 11.0 Å². The van der Waals surface area contributed by atoms with Crippen LogP contribution in [-0.2, 0) is 16.1 Å². The molecule has 3 nitrogen and oxygen atoms in total. The molecule has 1 aromatic heterocycles. The minimum Gasteiger partial charge on any atom is -0.337 e. The zero-order valence-electron chi connectivity index (χ0n) is 12.3. The molecule has 1 fully saturated rings. The van der Waals surface area contributed by atoms with Gasteiger partial charge in [0.05, 0.1) is 0 Å². The van der Waals surface area contributed by atoms with Gasteiger partial charge in [-0.15, -0.1) is 11.3 Å². The Hall–Kier alpha value is -1.59. The van der Waals surface area contributed by atoms with Gasteiger partial charge < -0.3 is 4.90 Å². The first-order chi connectivity index (χ1) is 10.6. The van der Waals surface area contributed by atoms with E-state index in [-0.39, 0.29) is 16.3 Å². The highest BCUT2D eigenvalue weighted by Crippen LogP contribution is 2.27. The molecule has 0 N–H and O–H groups in total. The van der Waals surface area contributed by atoms with Crippen molar-refractivity contribution in [3.05, 3.63) is 47.3 Å². The average Bonchev–Trinajstić information content (AvgIpc) is 3.10. The third-order valence-corrected chi connectivity index (χ3v) is 5.54. The van der Waals surface area contributed by atoms with Crippen molar-refractivity contribution in [2.45, 2.75) is 25.1 Å². The second-order valence-corrected chi connectivity index (χ2v) is 7.81. The maximum Gasteiger partial charge on any atom is 0.224 e. The number of amides is 1. The zero-order valence-corrected chi connectivity index (χ0v) is 14.0. The van der Waals surface area contributed by atoms with Crippen molar-refractivity contribution in [1.82, 2.24) is 4.90 Å². The third-order valence-electron chi connectivity index (χ3n) is 3.64. The first-order valence-corrected chi connectivity index (χ1v) is 8.95. The van der Waals surface area contributed by atoms with Gasteiger partial charge in [0.2, 0.25) is 5.91 Å². The van der Waals surface area contributed by atoms with Crippen molar-refractivity contribution in [2.75, 3.05) is 6.54 Å². The summed E-state index contributed by atoms with van der Waals surface area (Å²) in [4.78, 5) is 26.3. The fourth-order valence-corrected chi connectivity index (χ4v) is 4.32. The largest absolute Gasteiger partial charge is 0.337 e. The highest BCUT2D eigenvalue weighted by molar-refractivity contribution is 8.14. The van der Waals surface area contributed by atoms with Crippen molar-refractivity contribution >= 4 is 34.1 Å². The minimum absolute atomic E-state index is 0.0833. The number of thioether (sulfide) groups is 1. The van der Waals surface area contributed by atoms with E-state index < -0.39 is 0 Å². The van der Waals surface area contributed by atoms with E-state index in [2.05, 4.69) is 35.7 Å². The summed E-state index contributed by atoms with van der Waals surface area (Å²) >= 11 is 3.00. The van der Waals surface area contributed by atoms with Gasteiger partial charge in [-0.1, -0.05) is 42.1 Å². The van der Waals surface area contributed by atoms with Crippen LogP contribution in [0.15, 0.2) is 41.8 Å². The lowest BCUT2D eigenvalue weighted by Gasteiger charge is -2.16. The molecule has 22 heavy (non-hydrogen) atoms. The quantitative estimate of drug-likeness (QED) is 0.855. The molecule has 5 heteroatoms. The first kappa shape index (κ1) is 15.3. The van der Waals surface area contributed by atoms with Gasteiger partial charge in [0.25, 0.3) is 0 Å². The van der Waals surface area contributed by atoms with Crippen LogP contribution >= 0.6 is 23.1 Å². The first-order valence-electron chi connectivity index (χ1n) is 7.19. The van der Waals surface area contributed by atoms with Crippen LogP contribution in [0.4, 0.5) is 0 Å². The Balaban J connectivity index is 1.64. The van der Waals surface area contributed by atoms with E-state index in [0.717, 1.165) is 5.56 Å². The maximum atomic E-state index is 12.0. The van der Waals surface area contributed by atoms with Crippen molar-refractivity contribution in [3.63, 3.8) is 0 Å². The van der Waals surface area contributed by atoms with Gasteiger partial charge >= 0.3 is 0 Å². The smallest absolute Gasteiger partial charge is 0.224 e. The number of nitrogens with zero attached hydrogens (tertiary/aromatic N) is 1.